The summed E-state index contributed by atoms with van der Waals surface area (Å²) in [4.78, 5) is 11.7. The topological polar surface area (TPSA) is 72.0 Å². The summed E-state index contributed by atoms with van der Waals surface area (Å²) < 4.78 is 0. The second-order valence-corrected chi connectivity index (χ2v) is 1.98. The zero-order valence-electron chi connectivity index (χ0n) is 5.88. The van der Waals surface area contributed by atoms with Gasteiger partial charge in [-0.2, -0.15) is 0 Å². The standard InChI is InChI=1S/C5H11NO2.H2O/c1-4(5(7)8)6(2)3;/h4H,1-3H3,(H,7,8);1H2/t4-;/m0./s1. The summed E-state index contributed by atoms with van der Waals surface area (Å²) in [6.07, 6.45) is 0. The smallest absolute Gasteiger partial charge is 0.320 e. The first kappa shape index (κ1) is 11.2. The highest BCUT2D eigenvalue weighted by molar-refractivity contribution is 5.72. The molecule has 1 atom stereocenters. The quantitative estimate of drug-likeness (QED) is 0.538. The molecule has 56 valence electrons. The van der Waals surface area contributed by atoms with Crippen molar-refractivity contribution in [2.45, 2.75) is 13.0 Å². The number of carboxylic acids is 1. The summed E-state index contributed by atoms with van der Waals surface area (Å²) in [5.41, 5.74) is 0. The van der Waals surface area contributed by atoms with Gasteiger partial charge in [0.1, 0.15) is 6.04 Å². The maximum absolute atomic E-state index is 10.1. The fraction of sp³-hybridized carbons (Fsp3) is 0.800. The molecule has 0 saturated carbocycles. The lowest BCUT2D eigenvalue weighted by Gasteiger charge is -2.13. The highest BCUT2D eigenvalue weighted by Crippen LogP contribution is 1.88. The van der Waals surface area contributed by atoms with Crippen LogP contribution < -0.4 is 0 Å². The molecule has 0 aromatic rings. The highest BCUT2D eigenvalue weighted by atomic mass is 16.4. The molecule has 0 unspecified atom stereocenters. The van der Waals surface area contributed by atoms with Crippen LogP contribution in [0.15, 0.2) is 0 Å². The predicted molar refractivity (Wildman–Crippen MR) is 34.4 cm³/mol. The number of hydrogen-bond donors (Lipinski definition) is 1. The molecule has 0 spiro atoms. The van der Waals surface area contributed by atoms with Crippen molar-refractivity contribution in [2.75, 3.05) is 14.1 Å². The molecule has 9 heavy (non-hydrogen) atoms. The lowest BCUT2D eigenvalue weighted by molar-refractivity contribution is -0.141. The average molecular weight is 135 g/mol. The van der Waals surface area contributed by atoms with Gasteiger partial charge in [-0.25, -0.2) is 0 Å². The van der Waals surface area contributed by atoms with E-state index in [9.17, 15) is 4.79 Å². The Balaban J connectivity index is 0. The molecule has 0 aromatic heterocycles. The molecule has 0 saturated heterocycles. The number of carboxylic acid groups (broad SMARTS) is 1. The summed E-state index contributed by atoms with van der Waals surface area (Å²) in [6, 6.07) is -0.380. The van der Waals surface area contributed by atoms with E-state index in [-0.39, 0.29) is 11.5 Å². The van der Waals surface area contributed by atoms with Crippen LogP contribution in [0.1, 0.15) is 6.92 Å². The average Bonchev–Trinajstić information content (AvgIpc) is 1.64. The minimum absolute atomic E-state index is 0. The van der Waals surface area contributed by atoms with E-state index in [4.69, 9.17) is 5.11 Å². The molecule has 0 aromatic carbocycles. The molecule has 0 radical (unpaired) electrons. The van der Waals surface area contributed by atoms with E-state index < -0.39 is 5.97 Å². The summed E-state index contributed by atoms with van der Waals surface area (Å²) in [6.45, 7) is 1.64. The first-order valence-corrected chi connectivity index (χ1v) is 2.45. The lowest BCUT2D eigenvalue weighted by Crippen LogP contribution is -2.32. The molecule has 0 bridgehead atoms. The molecule has 0 heterocycles. The molecule has 0 aliphatic carbocycles. The van der Waals surface area contributed by atoms with E-state index in [1.54, 1.807) is 25.9 Å². The monoisotopic (exact) mass is 135 g/mol. The Kier molecular flexibility index (Phi) is 5.34. The third-order valence-electron chi connectivity index (χ3n) is 1.13. The third kappa shape index (κ3) is 3.93. The zero-order chi connectivity index (χ0) is 6.73. The van der Waals surface area contributed by atoms with Crippen molar-refractivity contribution in [3.63, 3.8) is 0 Å². The molecule has 3 N–H and O–H groups in total. The summed E-state index contributed by atoms with van der Waals surface area (Å²) >= 11 is 0. The zero-order valence-corrected chi connectivity index (χ0v) is 5.88. The molecule has 0 aliphatic heterocycles. The molecular weight excluding hydrogens is 122 g/mol. The van der Waals surface area contributed by atoms with E-state index in [0.717, 1.165) is 0 Å². The number of aliphatic carboxylic acids is 1. The van der Waals surface area contributed by atoms with Gasteiger partial charge in [0, 0.05) is 0 Å². The molecule has 0 fully saturated rings. The van der Waals surface area contributed by atoms with Gasteiger partial charge in [-0.3, -0.25) is 9.69 Å². The van der Waals surface area contributed by atoms with Crippen molar-refractivity contribution in [2.24, 2.45) is 0 Å². The highest BCUT2D eigenvalue weighted by Gasteiger charge is 2.11. The number of hydrogen-bond acceptors (Lipinski definition) is 2. The van der Waals surface area contributed by atoms with Crippen LogP contribution in [0.5, 0.6) is 0 Å². The van der Waals surface area contributed by atoms with Crippen molar-refractivity contribution in [1.82, 2.24) is 4.90 Å². The van der Waals surface area contributed by atoms with Crippen molar-refractivity contribution in [1.29, 1.82) is 0 Å². The minimum atomic E-state index is -0.782. The van der Waals surface area contributed by atoms with Crippen LogP contribution in [0.4, 0.5) is 0 Å². The van der Waals surface area contributed by atoms with Gasteiger partial charge in [0.2, 0.25) is 0 Å². The van der Waals surface area contributed by atoms with Crippen molar-refractivity contribution >= 4 is 5.97 Å². The molecule has 0 amide bonds. The van der Waals surface area contributed by atoms with Gasteiger partial charge in [0.25, 0.3) is 0 Å². The Morgan fingerprint density at radius 1 is 1.56 bits per heavy atom. The maximum atomic E-state index is 10.1. The van der Waals surface area contributed by atoms with Crippen molar-refractivity contribution in [3.8, 4) is 0 Å². The van der Waals surface area contributed by atoms with Gasteiger partial charge in [-0.1, -0.05) is 0 Å². The Hall–Kier alpha value is -0.610. The molecule has 4 heteroatoms. The Labute approximate surface area is 54.4 Å². The lowest BCUT2D eigenvalue weighted by atomic mass is 10.3. The van der Waals surface area contributed by atoms with Gasteiger partial charge in [0.05, 0.1) is 0 Å². The third-order valence-corrected chi connectivity index (χ3v) is 1.13. The fourth-order valence-electron chi connectivity index (χ4n) is 0.221. The van der Waals surface area contributed by atoms with Crippen molar-refractivity contribution in [3.05, 3.63) is 0 Å². The Morgan fingerprint density at radius 3 is 1.89 bits per heavy atom. The largest absolute Gasteiger partial charge is 0.480 e. The summed E-state index contributed by atoms with van der Waals surface area (Å²) in [5.74, 6) is -0.782. The van der Waals surface area contributed by atoms with E-state index in [2.05, 4.69) is 0 Å². The molecular formula is C5H13NO3. The van der Waals surface area contributed by atoms with Crippen molar-refractivity contribution < 1.29 is 15.4 Å². The van der Waals surface area contributed by atoms with E-state index in [1.165, 1.54) is 0 Å². The molecule has 0 rings (SSSR count). The minimum Gasteiger partial charge on any atom is -0.480 e. The SMILES string of the molecule is C[C@@H](C(=O)O)N(C)C.O. The van der Waals surface area contributed by atoms with Crippen LogP contribution in [-0.2, 0) is 4.79 Å². The van der Waals surface area contributed by atoms with Crippen LogP contribution in [-0.4, -0.2) is 41.6 Å². The van der Waals surface area contributed by atoms with Crippen LogP contribution >= 0.6 is 0 Å². The van der Waals surface area contributed by atoms with Crippen LogP contribution in [0.3, 0.4) is 0 Å². The van der Waals surface area contributed by atoms with Crippen LogP contribution in [0.25, 0.3) is 0 Å². The van der Waals surface area contributed by atoms with Gasteiger partial charge in [-0.05, 0) is 21.0 Å². The van der Waals surface area contributed by atoms with E-state index in [0.29, 0.717) is 0 Å². The second-order valence-electron chi connectivity index (χ2n) is 1.98. The Bertz CT molecular complexity index is 92.2. The Morgan fingerprint density at radius 2 is 1.89 bits per heavy atom. The molecule has 4 nitrogen and oxygen atoms in total. The first-order chi connectivity index (χ1) is 3.55. The van der Waals surface area contributed by atoms with Gasteiger partial charge >= 0.3 is 5.97 Å². The number of likely N-dealkylation sites (N-methyl/N-ethyl adjacent to an activating group) is 1. The number of nitrogens with zero attached hydrogens (tertiary/aromatic N) is 1. The number of carbonyl (C=O) groups is 1. The summed E-state index contributed by atoms with van der Waals surface area (Å²) in [5, 5.41) is 8.31. The van der Waals surface area contributed by atoms with Crippen LogP contribution in [0.2, 0.25) is 0 Å². The molecule has 0 aliphatic rings. The van der Waals surface area contributed by atoms with Gasteiger partial charge in [0.15, 0.2) is 0 Å². The van der Waals surface area contributed by atoms with Crippen LogP contribution in [0, 0.1) is 0 Å². The maximum Gasteiger partial charge on any atom is 0.320 e. The number of rotatable bonds is 2. The summed E-state index contributed by atoms with van der Waals surface area (Å²) in [7, 11) is 3.47. The second kappa shape index (κ2) is 4.29. The van der Waals surface area contributed by atoms with E-state index in [1.807, 2.05) is 0 Å². The first-order valence-electron chi connectivity index (χ1n) is 2.45. The predicted octanol–water partition coefficient (Wildman–Crippen LogP) is -0.804. The van der Waals surface area contributed by atoms with Gasteiger partial charge in [-0.15, -0.1) is 0 Å². The van der Waals surface area contributed by atoms with E-state index >= 15 is 0 Å². The fourth-order valence-corrected chi connectivity index (χ4v) is 0.221. The normalized spacial score (nSPS) is 12.4. The van der Waals surface area contributed by atoms with Gasteiger partial charge < -0.3 is 10.6 Å².